The number of carbonyl (C=O) groups is 2. The summed E-state index contributed by atoms with van der Waals surface area (Å²) in [6, 6.07) is 5.65. The number of halogens is 1. The standard InChI is InChI=1S/C19H23FN4O2S/c1-13-6-8-24(9-7-13)11-14-12-27-19(22-14)23-17(25)10-21-18(26)15-4-2-3-5-16(15)20/h2-5,12-13H,6-11H2,1H3,(H,21,26)(H,22,23,25). The number of nitrogens with one attached hydrogen (secondary N) is 2. The molecule has 2 amide bonds. The van der Waals surface area contributed by atoms with Gasteiger partial charge in [0.25, 0.3) is 5.91 Å². The lowest BCUT2D eigenvalue weighted by Crippen LogP contribution is -2.33. The van der Waals surface area contributed by atoms with E-state index in [4.69, 9.17) is 0 Å². The van der Waals surface area contributed by atoms with Crippen molar-refractivity contribution in [3.05, 3.63) is 46.7 Å². The molecule has 0 radical (unpaired) electrons. The molecule has 27 heavy (non-hydrogen) atoms. The summed E-state index contributed by atoms with van der Waals surface area (Å²) in [4.78, 5) is 30.7. The van der Waals surface area contributed by atoms with Crippen LogP contribution in [-0.2, 0) is 11.3 Å². The topological polar surface area (TPSA) is 74.3 Å². The van der Waals surface area contributed by atoms with Crippen molar-refractivity contribution in [1.82, 2.24) is 15.2 Å². The number of amides is 2. The molecule has 3 rings (SSSR count). The fraction of sp³-hybridized carbons (Fsp3) is 0.421. The number of benzene rings is 1. The Morgan fingerprint density at radius 2 is 2.04 bits per heavy atom. The molecule has 8 heteroatoms. The Morgan fingerprint density at radius 3 is 2.78 bits per heavy atom. The molecule has 1 aliphatic heterocycles. The first-order valence-electron chi connectivity index (χ1n) is 9.00. The van der Waals surface area contributed by atoms with Gasteiger partial charge in [0.15, 0.2) is 5.13 Å². The number of nitrogens with zero attached hydrogens (tertiary/aromatic N) is 2. The van der Waals surface area contributed by atoms with E-state index >= 15 is 0 Å². The van der Waals surface area contributed by atoms with Gasteiger partial charge in [0.05, 0.1) is 17.8 Å². The molecule has 1 aliphatic rings. The van der Waals surface area contributed by atoms with Crippen LogP contribution in [0.1, 0.15) is 35.8 Å². The molecule has 0 bridgehead atoms. The van der Waals surface area contributed by atoms with Crippen molar-refractivity contribution in [2.24, 2.45) is 5.92 Å². The van der Waals surface area contributed by atoms with E-state index in [0.29, 0.717) is 5.13 Å². The number of aromatic nitrogens is 1. The first kappa shape index (κ1) is 19.4. The number of carbonyl (C=O) groups excluding carboxylic acids is 2. The number of thiazole rings is 1. The van der Waals surface area contributed by atoms with Gasteiger partial charge in [0.1, 0.15) is 5.82 Å². The molecule has 1 saturated heterocycles. The van der Waals surface area contributed by atoms with Crippen LogP contribution in [0.4, 0.5) is 9.52 Å². The van der Waals surface area contributed by atoms with E-state index in [1.807, 2.05) is 5.38 Å². The van der Waals surface area contributed by atoms with Crippen molar-refractivity contribution in [3.63, 3.8) is 0 Å². The van der Waals surface area contributed by atoms with E-state index in [1.165, 1.54) is 42.4 Å². The van der Waals surface area contributed by atoms with Gasteiger partial charge in [-0.1, -0.05) is 19.1 Å². The smallest absolute Gasteiger partial charge is 0.254 e. The predicted octanol–water partition coefficient (Wildman–Crippen LogP) is 2.88. The molecule has 0 unspecified atom stereocenters. The van der Waals surface area contributed by atoms with E-state index in [9.17, 15) is 14.0 Å². The van der Waals surface area contributed by atoms with Crippen molar-refractivity contribution < 1.29 is 14.0 Å². The number of hydrogen-bond acceptors (Lipinski definition) is 5. The largest absolute Gasteiger partial charge is 0.343 e. The zero-order valence-corrected chi connectivity index (χ0v) is 16.0. The van der Waals surface area contributed by atoms with E-state index < -0.39 is 17.6 Å². The van der Waals surface area contributed by atoms with Gasteiger partial charge in [0, 0.05) is 11.9 Å². The molecule has 144 valence electrons. The molecule has 2 heterocycles. The molecular weight excluding hydrogens is 367 g/mol. The highest BCUT2D eigenvalue weighted by molar-refractivity contribution is 7.13. The Hall–Kier alpha value is -2.32. The van der Waals surface area contributed by atoms with Crippen molar-refractivity contribution in [1.29, 1.82) is 0 Å². The molecule has 1 aromatic heterocycles. The van der Waals surface area contributed by atoms with Crippen molar-refractivity contribution in [2.75, 3.05) is 25.0 Å². The molecule has 1 fully saturated rings. The molecule has 1 aromatic carbocycles. The average Bonchev–Trinajstić information content (AvgIpc) is 3.09. The molecule has 0 atom stereocenters. The first-order chi connectivity index (χ1) is 13.0. The molecular formula is C19H23FN4O2S. The van der Waals surface area contributed by atoms with E-state index in [1.54, 1.807) is 6.07 Å². The number of likely N-dealkylation sites (tertiary alicyclic amines) is 1. The van der Waals surface area contributed by atoms with Gasteiger partial charge < -0.3 is 10.6 Å². The summed E-state index contributed by atoms with van der Waals surface area (Å²) in [6.07, 6.45) is 2.41. The number of anilines is 1. The van der Waals surface area contributed by atoms with Crippen LogP contribution in [0.3, 0.4) is 0 Å². The predicted molar refractivity (Wildman–Crippen MR) is 103 cm³/mol. The lowest BCUT2D eigenvalue weighted by molar-refractivity contribution is -0.115. The van der Waals surface area contributed by atoms with Gasteiger partial charge in [-0.15, -0.1) is 11.3 Å². The molecule has 2 aromatic rings. The maximum absolute atomic E-state index is 13.6. The minimum absolute atomic E-state index is 0.0855. The summed E-state index contributed by atoms with van der Waals surface area (Å²) >= 11 is 1.36. The zero-order valence-electron chi connectivity index (χ0n) is 15.2. The quantitative estimate of drug-likeness (QED) is 0.795. The molecule has 0 spiro atoms. The Morgan fingerprint density at radius 1 is 1.30 bits per heavy atom. The fourth-order valence-corrected chi connectivity index (χ4v) is 3.67. The van der Waals surface area contributed by atoms with Gasteiger partial charge in [0.2, 0.25) is 5.91 Å². The maximum Gasteiger partial charge on any atom is 0.254 e. The Labute approximate surface area is 161 Å². The third-order valence-corrected chi connectivity index (χ3v) is 5.39. The summed E-state index contributed by atoms with van der Waals surface area (Å²) in [5.74, 6) is -0.854. The van der Waals surface area contributed by atoms with Crippen LogP contribution in [-0.4, -0.2) is 41.3 Å². The molecule has 2 N–H and O–H groups in total. The number of hydrogen-bond donors (Lipinski definition) is 2. The second kappa shape index (κ2) is 9.05. The summed E-state index contributed by atoms with van der Waals surface area (Å²) < 4.78 is 13.6. The Kier molecular flexibility index (Phi) is 6.52. The third kappa shape index (κ3) is 5.58. The van der Waals surface area contributed by atoms with Gasteiger partial charge in [-0.3, -0.25) is 14.5 Å². The van der Waals surface area contributed by atoms with Crippen molar-refractivity contribution in [3.8, 4) is 0 Å². The van der Waals surface area contributed by atoms with Crippen LogP contribution in [0.2, 0.25) is 0 Å². The van der Waals surface area contributed by atoms with Crippen LogP contribution >= 0.6 is 11.3 Å². The third-order valence-electron chi connectivity index (χ3n) is 4.59. The average molecular weight is 390 g/mol. The van der Waals surface area contributed by atoms with Crippen molar-refractivity contribution in [2.45, 2.75) is 26.3 Å². The van der Waals surface area contributed by atoms with E-state index in [-0.39, 0.29) is 12.1 Å². The number of piperidine rings is 1. The van der Waals surface area contributed by atoms with Crippen molar-refractivity contribution >= 4 is 28.3 Å². The minimum atomic E-state index is -0.623. The summed E-state index contributed by atoms with van der Waals surface area (Å²) in [6.45, 7) is 4.96. The monoisotopic (exact) mass is 390 g/mol. The summed E-state index contributed by atoms with van der Waals surface area (Å²) in [5, 5.41) is 7.52. The van der Waals surface area contributed by atoms with Crippen LogP contribution < -0.4 is 10.6 Å². The van der Waals surface area contributed by atoms with Crippen LogP contribution in [0.25, 0.3) is 0 Å². The van der Waals surface area contributed by atoms with E-state index in [2.05, 4.69) is 27.4 Å². The molecule has 0 saturated carbocycles. The summed E-state index contributed by atoms with van der Waals surface area (Å²) in [7, 11) is 0. The van der Waals surface area contributed by atoms with Crippen LogP contribution in [0, 0.1) is 11.7 Å². The number of rotatable bonds is 6. The van der Waals surface area contributed by atoms with E-state index in [0.717, 1.165) is 31.2 Å². The summed E-state index contributed by atoms with van der Waals surface area (Å²) in [5.41, 5.74) is 0.845. The first-order valence-corrected chi connectivity index (χ1v) is 9.88. The Balaban J connectivity index is 1.45. The Bertz CT molecular complexity index is 803. The highest BCUT2D eigenvalue weighted by atomic mass is 32.1. The highest BCUT2D eigenvalue weighted by Gasteiger charge is 2.17. The van der Waals surface area contributed by atoms with Gasteiger partial charge in [-0.25, -0.2) is 9.37 Å². The fourth-order valence-electron chi connectivity index (χ4n) is 2.95. The SMILES string of the molecule is CC1CCN(Cc2csc(NC(=O)CNC(=O)c3ccccc3F)n2)CC1. The maximum atomic E-state index is 13.6. The van der Waals surface area contributed by atoms with Gasteiger partial charge in [-0.05, 0) is 44.0 Å². The highest BCUT2D eigenvalue weighted by Crippen LogP contribution is 2.20. The zero-order chi connectivity index (χ0) is 19.2. The lowest BCUT2D eigenvalue weighted by Gasteiger charge is -2.29. The molecule has 0 aliphatic carbocycles. The second-order valence-corrected chi connectivity index (χ2v) is 7.67. The van der Waals surface area contributed by atoms with Gasteiger partial charge >= 0.3 is 0 Å². The minimum Gasteiger partial charge on any atom is -0.343 e. The second-order valence-electron chi connectivity index (χ2n) is 6.81. The van der Waals surface area contributed by atoms with Crippen LogP contribution in [0.5, 0.6) is 0 Å². The normalized spacial score (nSPS) is 15.5. The van der Waals surface area contributed by atoms with Gasteiger partial charge in [-0.2, -0.15) is 0 Å². The van der Waals surface area contributed by atoms with Crippen LogP contribution in [0.15, 0.2) is 29.6 Å². The molecule has 6 nitrogen and oxygen atoms in total. The lowest BCUT2D eigenvalue weighted by atomic mass is 9.99.